The molecule has 0 saturated carbocycles. The highest BCUT2D eigenvalue weighted by Crippen LogP contribution is 2.25. The predicted octanol–water partition coefficient (Wildman–Crippen LogP) is 5.37. The van der Waals surface area contributed by atoms with Crippen LogP contribution in [0.25, 0.3) is 0 Å². The van der Waals surface area contributed by atoms with Crippen LogP contribution in [0.4, 0.5) is 5.69 Å². The van der Waals surface area contributed by atoms with Crippen molar-refractivity contribution in [2.75, 3.05) is 0 Å². The van der Waals surface area contributed by atoms with Gasteiger partial charge in [-0.05, 0) is 56.2 Å². The molecule has 0 radical (unpaired) electrons. The van der Waals surface area contributed by atoms with Gasteiger partial charge >= 0.3 is 0 Å². The van der Waals surface area contributed by atoms with E-state index in [-0.39, 0.29) is 0 Å². The molecule has 0 amide bonds. The number of hydrogen-bond acceptors (Lipinski definition) is 4. The third-order valence-corrected chi connectivity index (χ3v) is 3.69. The van der Waals surface area contributed by atoms with Crippen molar-refractivity contribution in [1.82, 2.24) is 0 Å². The van der Waals surface area contributed by atoms with Crippen LogP contribution in [0, 0.1) is 20.8 Å². The van der Waals surface area contributed by atoms with E-state index in [1.165, 1.54) is 11.8 Å². The van der Waals surface area contributed by atoms with Crippen LogP contribution < -0.4 is 4.84 Å². The van der Waals surface area contributed by atoms with Gasteiger partial charge in [0.15, 0.2) is 5.75 Å². The zero-order chi connectivity index (χ0) is 17.6. The van der Waals surface area contributed by atoms with Crippen molar-refractivity contribution in [3.8, 4) is 5.75 Å². The first-order chi connectivity index (χ1) is 12.1. The number of nitrogens with zero attached hydrogens (tertiary/aromatic N) is 2. The first-order valence-corrected chi connectivity index (χ1v) is 8.09. The van der Waals surface area contributed by atoms with E-state index >= 15 is 0 Å². The Hall–Kier alpha value is -3.14. The second-order valence-corrected chi connectivity index (χ2v) is 5.88. The lowest BCUT2D eigenvalue weighted by molar-refractivity contribution is 0.342. The number of furan rings is 1. The van der Waals surface area contributed by atoms with E-state index in [1.807, 2.05) is 42.5 Å². The van der Waals surface area contributed by atoms with Gasteiger partial charge in [-0.15, -0.1) is 0 Å². The van der Waals surface area contributed by atoms with Gasteiger partial charge in [-0.3, -0.25) is 4.99 Å². The van der Waals surface area contributed by atoms with Gasteiger partial charge in [-0.1, -0.05) is 41.1 Å². The summed E-state index contributed by atoms with van der Waals surface area (Å²) in [6, 6.07) is 17.3. The standard InChI is InChI=1S/C21H20N2O2/c1-15-11-16(2)21(17(3)12-15)22-13-19-9-10-20(24-19)14-23-25-18-7-5-4-6-8-18/h4-14H,1-3H3/b22-13?,23-14+. The Morgan fingerprint density at radius 1 is 0.840 bits per heavy atom. The minimum absolute atomic E-state index is 0.606. The molecule has 4 heteroatoms. The summed E-state index contributed by atoms with van der Waals surface area (Å²) in [5.41, 5.74) is 4.52. The average molecular weight is 332 g/mol. The molecule has 0 atom stereocenters. The molecule has 0 saturated heterocycles. The molecule has 0 fully saturated rings. The van der Waals surface area contributed by atoms with E-state index in [0.717, 1.165) is 16.8 Å². The van der Waals surface area contributed by atoms with Gasteiger partial charge in [-0.25, -0.2) is 0 Å². The van der Waals surface area contributed by atoms with Crippen molar-refractivity contribution in [3.63, 3.8) is 0 Å². The number of para-hydroxylation sites is 1. The monoisotopic (exact) mass is 332 g/mol. The van der Waals surface area contributed by atoms with Crippen molar-refractivity contribution < 1.29 is 9.25 Å². The first kappa shape index (κ1) is 16.7. The highest BCUT2D eigenvalue weighted by Gasteiger charge is 2.03. The predicted molar refractivity (Wildman–Crippen MR) is 101 cm³/mol. The Balaban J connectivity index is 1.68. The topological polar surface area (TPSA) is 47.1 Å². The summed E-state index contributed by atoms with van der Waals surface area (Å²) in [7, 11) is 0. The molecule has 0 aliphatic heterocycles. The molecule has 0 bridgehead atoms. The Labute approximate surface area is 147 Å². The summed E-state index contributed by atoms with van der Waals surface area (Å²) in [5, 5.41) is 3.92. The van der Waals surface area contributed by atoms with E-state index < -0.39 is 0 Å². The SMILES string of the molecule is Cc1cc(C)c(N=Cc2ccc(/C=N/Oc3ccccc3)o2)c(C)c1. The van der Waals surface area contributed by atoms with Crippen LogP contribution in [0.2, 0.25) is 0 Å². The maximum atomic E-state index is 5.67. The summed E-state index contributed by atoms with van der Waals surface area (Å²) in [6.45, 7) is 6.21. The van der Waals surface area contributed by atoms with Gasteiger partial charge in [0.05, 0.1) is 11.9 Å². The second kappa shape index (κ2) is 7.62. The molecular formula is C21H20N2O2. The summed E-state index contributed by atoms with van der Waals surface area (Å²) in [4.78, 5) is 9.83. The Morgan fingerprint density at radius 3 is 2.16 bits per heavy atom. The molecule has 4 nitrogen and oxygen atoms in total. The smallest absolute Gasteiger partial charge is 0.157 e. The van der Waals surface area contributed by atoms with Crippen molar-refractivity contribution in [1.29, 1.82) is 0 Å². The highest BCUT2D eigenvalue weighted by molar-refractivity contribution is 5.82. The number of aliphatic imine (C=N–C) groups is 1. The Kier molecular flexibility index (Phi) is 5.09. The zero-order valence-electron chi connectivity index (χ0n) is 14.6. The lowest BCUT2D eigenvalue weighted by Crippen LogP contribution is -1.85. The third kappa shape index (κ3) is 4.44. The molecule has 0 aliphatic rings. The third-order valence-electron chi connectivity index (χ3n) is 3.69. The molecule has 2 aromatic carbocycles. The van der Waals surface area contributed by atoms with Gasteiger partial charge in [-0.2, -0.15) is 0 Å². The maximum absolute atomic E-state index is 5.67. The minimum atomic E-state index is 0.606. The largest absolute Gasteiger partial charge is 0.454 e. The second-order valence-electron chi connectivity index (χ2n) is 5.88. The molecule has 1 heterocycles. The van der Waals surface area contributed by atoms with E-state index in [4.69, 9.17) is 9.25 Å². The van der Waals surface area contributed by atoms with Gasteiger partial charge in [0, 0.05) is 0 Å². The normalized spacial score (nSPS) is 11.5. The van der Waals surface area contributed by atoms with Gasteiger partial charge < -0.3 is 9.25 Å². The molecule has 0 spiro atoms. The van der Waals surface area contributed by atoms with Gasteiger partial charge in [0.2, 0.25) is 0 Å². The lowest BCUT2D eigenvalue weighted by atomic mass is 10.1. The van der Waals surface area contributed by atoms with Crippen molar-refractivity contribution >= 4 is 18.1 Å². The van der Waals surface area contributed by atoms with Crippen LogP contribution in [-0.4, -0.2) is 12.4 Å². The zero-order valence-corrected chi connectivity index (χ0v) is 14.6. The van der Waals surface area contributed by atoms with E-state index in [2.05, 4.69) is 43.1 Å². The minimum Gasteiger partial charge on any atom is -0.454 e. The van der Waals surface area contributed by atoms with Crippen LogP contribution in [0.3, 0.4) is 0 Å². The molecule has 3 aromatic rings. The molecule has 25 heavy (non-hydrogen) atoms. The summed E-state index contributed by atoms with van der Waals surface area (Å²) < 4.78 is 5.67. The molecular weight excluding hydrogens is 312 g/mol. The summed E-state index contributed by atoms with van der Waals surface area (Å²) >= 11 is 0. The van der Waals surface area contributed by atoms with Crippen LogP contribution >= 0.6 is 0 Å². The van der Waals surface area contributed by atoms with Crippen LogP contribution in [0.15, 0.2) is 69.2 Å². The highest BCUT2D eigenvalue weighted by atomic mass is 16.6. The van der Waals surface area contributed by atoms with Crippen LogP contribution in [0.5, 0.6) is 5.75 Å². The van der Waals surface area contributed by atoms with Gasteiger partial charge in [0.1, 0.15) is 17.7 Å². The molecule has 3 rings (SSSR count). The summed E-state index contributed by atoms with van der Waals surface area (Å²) in [5.74, 6) is 1.95. The van der Waals surface area contributed by atoms with Crippen LogP contribution in [-0.2, 0) is 0 Å². The maximum Gasteiger partial charge on any atom is 0.157 e. The van der Waals surface area contributed by atoms with Crippen molar-refractivity contribution in [2.45, 2.75) is 20.8 Å². The first-order valence-electron chi connectivity index (χ1n) is 8.09. The fraction of sp³-hybridized carbons (Fsp3) is 0.143. The lowest BCUT2D eigenvalue weighted by Gasteiger charge is -2.05. The summed E-state index contributed by atoms with van der Waals surface area (Å²) in [6.07, 6.45) is 3.26. The Morgan fingerprint density at radius 2 is 1.48 bits per heavy atom. The Bertz CT molecular complexity index is 886. The number of aryl methyl sites for hydroxylation is 3. The molecule has 1 aromatic heterocycles. The number of rotatable bonds is 5. The van der Waals surface area contributed by atoms with Crippen LogP contribution in [0.1, 0.15) is 28.2 Å². The van der Waals surface area contributed by atoms with E-state index in [1.54, 1.807) is 6.21 Å². The molecule has 126 valence electrons. The molecule has 0 unspecified atom stereocenters. The van der Waals surface area contributed by atoms with E-state index in [0.29, 0.717) is 17.3 Å². The van der Waals surface area contributed by atoms with Crippen molar-refractivity contribution in [2.24, 2.45) is 10.1 Å². The molecule has 0 N–H and O–H groups in total. The van der Waals surface area contributed by atoms with Gasteiger partial charge in [0.25, 0.3) is 0 Å². The fourth-order valence-corrected chi connectivity index (χ4v) is 2.63. The van der Waals surface area contributed by atoms with E-state index in [9.17, 15) is 0 Å². The number of hydrogen-bond donors (Lipinski definition) is 0. The number of oxime groups is 1. The average Bonchev–Trinajstić information content (AvgIpc) is 3.03. The van der Waals surface area contributed by atoms with Crippen molar-refractivity contribution in [3.05, 3.63) is 82.8 Å². The number of benzene rings is 2. The fourth-order valence-electron chi connectivity index (χ4n) is 2.63. The quantitative estimate of drug-likeness (QED) is 0.466. The molecule has 0 aliphatic carbocycles.